The first-order chi connectivity index (χ1) is 21.0. The lowest BCUT2D eigenvalue weighted by Crippen LogP contribution is -2.46. The van der Waals surface area contributed by atoms with Crippen molar-refractivity contribution in [3.63, 3.8) is 0 Å². The zero-order valence-electron chi connectivity index (χ0n) is 23.7. The molecule has 0 saturated heterocycles. The lowest BCUT2D eigenvalue weighted by molar-refractivity contribution is 0.395. The zero-order chi connectivity index (χ0) is 29.7. The van der Waals surface area contributed by atoms with Crippen LogP contribution in [-0.2, 0) is 0 Å². The van der Waals surface area contributed by atoms with Gasteiger partial charge in [0.2, 0.25) is 0 Å². The first-order valence-corrected chi connectivity index (χ1v) is 13.7. The highest BCUT2D eigenvalue weighted by molar-refractivity contribution is 6.51. The van der Waals surface area contributed by atoms with E-state index in [1.165, 1.54) is 6.07 Å². The number of phenols is 2. The minimum absolute atomic E-state index is 0.0301. The Kier molecular flexibility index (Phi) is 6.23. The number of fused-ring (bicyclic) bond motifs is 4. The standard InChI is InChI=1S/C33H28N6O4/c1-19-29-30(23-15-13-21(40)17-27(23)41)38-26-12-8-7-11-24(26)34-31(35-25-16-14-22(42-2)18-28(25)43-3)33(38)36-32(29)39(37-19)20-9-5-4-6-10-20/h4-18,30,40-41H,1-3H3,(H,34,35). The van der Waals surface area contributed by atoms with Gasteiger partial charge in [0.25, 0.3) is 0 Å². The quantitative estimate of drug-likeness (QED) is 0.223. The molecule has 0 spiro atoms. The van der Waals surface area contributed by atoms with Gasteiger partial charge in [0.05, 0.1) is 48.7 Å². The molecule has 0 fully saturated rings. The van der Waals surface area contributed by atoms with Gasteiger partial charge >= 0.3 is 0 Å². The van der Waals surface area contributed by atoms with Crippen molar-refractivity contribution in [3.05, 3.63) is 108 Å². The van der Waals surface area contributed by atoms with E-state index in [0.29, 0.717) is 40.2 Å². The molecule has 1 atom stereocenters. The molecule has 0 saturated carbocycles. The molecule has 43 heavy (non-hydrogen) atoms. The number of aliphatic imine (C=N–C) groups is 2. The van der Waals surface area contributed by atoms with Crippen molar-refractivity contribution in [2.45, 2.75) is 13.0 Å². The number of benzene rings is 4. The Labute approximate surface area is 247 Å². The molecule has 0 radical (unpaired) electrons. The molecule has 214 valence electrons. The van der Waals surface area contributed by atoms with Crippen LogP contribution in [0.1, 0.15) is 22.9 Å². The molecule has 5 aromatic rings. The van der Waals surface area contributed by atoms with Crippen LogP contribution in [0.5, 0.6) is 23.0 Å². The van der Waals surface area contributed by atoms with Crippen LogP contribution in [0.4, 0.5) is 22.9 Å². The number of aryl methyl sites for hydroxylation is 1. The normalized spacial score (nSPS) is 15.0. The van der Waals surface area contributed by atoms with Crippen LogP contribution in [-0.4, -0.2) is 45.9 Å². The number of methoxy groups -OCH3 is 2. The van der Waals surface area contributed by atoms with Crippen molar-refractivity contribution < 1.29 is 19.7 Å². The van der Waals surface area contributed by atoms with Crippen molar-refractivity contribution in [1.82, 2.24) is 9.78 Å². The summed E-state index contributed by atoms with van der Waals surface area (Å²) in [4.78, 5) is 12.3. The number of anilines is 2. The van der Waals surface area contributed by atoms with Crippen molar-refractivity contribution in [2.75, 3.05) is 24.4 Å². The Hall–Kier alpha value is -5.77. The van der Waals surface area contributed by atoms with Gasteiger partial charge in [-0.05, 0) is 55.5 Å². The Morgan fingerprint density at radius 1 is 0.837 bits per heavy atom. The molecule has 1 unspecified atom stereocenters. The maximum absolute atomic E-state index is 11.2. The summed E-state index contributed by atoms with van der Waals surface area (Å²) < 4.78 is 12.9. The summed E-state index contributed by atoms with van der Waals surface area (Å²) in [5.41, 5.74) is 5.21. The number of phenolic OH excluding ortho intramolecular Hbond substituents is 2. The van der Waals surface area contributed by atoms with Crippen molar-refractivity contribution >= 4 is 34.6 Å². The lowest BCUT2D eigenvalue weighted by atomic mass is 9.92. The first-order valence-electron chi connectivity index (χ1n) is 13.7. The number of amidine groups is 2. The minimum atomic E-state index is -0.549. The van der Waals surface area contributed by atoms with Crippen LogP contribution in [0.3, 0.4) is 0 Å². The molecule has 10 nitrogen and oxygen atoms in total. The minimum Gasteiger partial charge on any atom is -0.508 e. The number of aromatic hydroxyl groups is 2. The zero-order valence-corrected chi connectivity index (χ0v) is 23.7. The number of nitrogens with zero attached hydrogens (tertiary/aromatic N) is 5. The van der Waals surface area contributed by atoms with Gasteiger partial charge in [-0.1, -0.05) is 30.3 Å². The third kappa shape index (κ3) is 4.31. The second kappa shape index (κ2) is 10.3. The highest BCUT2D eigenvalue weighted by Crippen LogP contribution is 2.50. The van der Waals surface area contributed by atoms with Crippen molar-refractivity contribution in [3.8, 4) is 28.7 Å². The molecule has 0 bridgehead atoms. The summed E-state index contributed by atoms with van der Waals surface area (Å²) in [5.74, 6) is 2.77. The SMILES string of the molecule is COc1ccc(NC2=Nc3ccccc3N3C2=Nc2c(c(C)nn2-c2ccccc2)C3c2ccc(O)cc2O)c(OC)c1. The molecule has 10 heteroatoms. The van der Waals surface area contributed by atoms with E-state index in [-0.39, 0.29) is 11.5 Å². The number of ether oxygens (including phenoxy) is 2. The number of rotatable bonds is 5. The van der Waals surface area contributed by atoms with Gasteiger partial charge in [-0.3, -0.25) is 0 Å². The second-order valence-corrected chi connectivity index (χ2v) is 10.2. The predicted octanol–water partition coefficient (Wildman–Crippen LogP) is 6.40. The summed E-state index contributed by atoms with van der Waals surface area (Å²) >= 11 is 0. The van der Waals surface area contributed by atoms with E-state index in [1.807, 2.05) is 78.3 Å². The van der Waals surface area contributed by atoms with Gasteiger partial charge < -0.3 is 29.9 Å². The van der Waals surface area contributed by atoms with Gasteiger partial charge in [0.1, 0.15) is 23.0 Å². The van der Waals surface area contributed by atoms with Crippen LogP contribution < -0.4 is 19.7 Å². The second-order valence-electron chi connectivity index (χ2n) is 10.2. The van der Waals surface area contributed by atoms with Crippen molar-refractivity contribution in [1.29, 1.82) is 0 Å². The van der Waals surface area contributed by atoms with E-state index in [9.17, 15) is 10.2 Å². The molecular weight excluding hydrogens is 544 g/mol. The summed E-state index contributed by atoms with van der Waals surface area (Å²) in [6.07, 6.45) is 0. The van der Waals surface area contributed by atoms with E-state index in [1.54, 1.807) is 32.4 Å². The molecule has 3 N–H and O–H groups in total. The number of nitrogens with one attached hydrogen (secondary N) is 1. The van der Waals surface area contributed by atoms with E-state index in [0.717, 1.165) is 28.3 Å². The molecule has 1 aromatic heterocycles. The molecule has 2 aliphatic heterocycles. The van der Waals surface area contributed by atoms with Gasteiger partial charge in [0, 0.05) is 23.3 Å². The van der Waals surface area contributed by atoms with E-state index < -0.39 is 6.04 Å². The lowest BCUT2D eigenvalue weighted by Gasteiger charge is -2.40. The first kappa shape index (κ1) is 26.1. The highest BCUT2D eigenvalue weighted by atomic mass is 16.5. The highest BCUT2D eigenvalue weighted by Gasteiger charge is 2.42. The third-order valence-electron chi connectivity index (χ3n) is 7.61. The smallest absolute Gasteiger partial charge is 0.179 e. The number of hydrogen-bond acceptors (Lipinski definition) is 9. The third-order valence-corrected chi connectivity index (χ3v) is 7.61. The Morgan fingerprint density at radius 2 is 1.63 bits per heavy atom. The largest absolute Gasteiger partial charge is 0.508 e. The summed E-state index contributed by atoms with van der Waals surface area (Å²) in [6.45, 7) is 1.94. The summed E-state index contributed by atoms with van der Waals surface area (Å²) in [7, 11) is 3.20. The summed E-state index contributed by atoms with van der Waals surface area (Å²) in [6, 6.07) is 27.2. The molecule has 3 heterocycles. The fraction of sp³-hybridized carbons (Fsp3) is 0.121. The fourth-order valence-corrected chi connectivity index (χ4v) is 5.63. The van der Waals surface area contributed by atoms with Crippen molar-refractivity contribution in [2.24, 2.45) is 9.98 Å². The van der Waals surface area contributed by atoms with E-state index in [4.69, 9.17) is 24.6 Å². The number of aromatic nitrogens is 2. The van der Waals surface area contributed by atoms with Crippen LogP contribution in [0.2, 0.25) is 0 Å². The van der Waals surface area contributed by atoms with Gasteiger partial charge in [-0.25, -0.2) is 14.7 Å². The maximum Gasteiger partial charge on any atom is 0.179 e. The van der Waals surface area contributed by atoms with Crippen LogP contribution in [0.25, 0.3) is 5.69 Å². The molecule has 0 aliphatic carbocycles. The van der Waals surface area contributed by atoms with E-state index in [2.05, 4.69) is 10.2 Å². The van der Waals surface area contributed by atoms with Crippen LogP contribution in [0, 0.1) is 6.92 Å². The predicted molar refractivity (Wildman–Crippen MR) is 166 cm³/mol. The van der Waals surface area contributed by atoms with Gasteiger partial charge in [-0.15, -0.1) is 0 Å². The number of hydrogen-bond donors (Lipinski definition) is 3. The van der Waals surface area contributed by atoms with E-state index >= 15 is 0 Å². The average Bonchev–Trinajstić information content (AvgIpc) is 3.36. The number of para-hydroxylation sites is 3. The maximum atomic E-state index is 11.2. The molecule has 2 aliphatic rings. The topological polar surface area (TPSA) is 117 Å². The Balaban J connectivity index is 1.49. The van der Waals surface area contributed by atoms with Crippen LogP contribution in [0.15, 0.2) is 101 Å². The summed E-state index contributed by atoms with van der Waals surface area (Å²) in [5, 5.41) is 29.7. The van der Waals surface area contributed by atoms with Gasteiger partial charge in [-0.2, -0.15) is 5.10 Å². The van der Waals surface area contributed by atoms with Crippen LogP contribution >= 0.6 is 0 Å². The molecular formula is C33H28N6O4. The molecule has 7 rings (SSSR count). The Bertz CT molecular complexity index is 1930. The molecule has 4 aromatic carbocycles. The van der Waals surface area contributed by atoms with Gasteiger partial charge in [0.15, 0.2) is 17.5 Å². The average molecular weight is 573 g/mol. The monoisotopic (exact) mass is 572 g/mol. The molecule has 0 amide bonds. The Morgan fingerprint density at radius 3 is 2.40 bits per heavy atom. The fourth-order valence-electron chi connectivity index (χ4n) is 5.63.